The Morgan fingerprint density at radius 2 is 2.03 bits per heavy atom. The minimum absolute atomic E-state index is 0.0479. The number of sulfone groups is 1. The number of thiazole rings is 2. The molecule has 3 rings (SSSR count). The number of hydrogen-bond donors (Lipinski definition) is 1. The van der Waals surface area contributed by atoms with Crippen molar-refractivity contribution in [3.63, 3.8) is 0 Å². The molecule has 1 N–H and O–H groups in total. The molecule has 0 fully saturated rings. The van der Waals surface area contributed by atoms with Gasteiger partial charge in [-0.15, -0.1) is 11.3 Å². The Bertz CT molecular complexity index is 1160. The van der Waals surface area contributed by atoms with Gasteiger partial charge in [0.2, 0.25) is 0 Å². The van der Waals surface area contributed by atoms with Crippen LogP contribution in [0.3, 0.4) is 0 Å². The Morgan fingerprint density at radius 1 is 1.25 bits per heavy atom. The molecule has 9 nitrogen and oxygen atoms in total. The van der Waals surface area contributed by atoms with Gasteiger partial charge in [0.05, 0.1) is 16.8 Å². The second kappa shape index (κ2) is 11.2. The smallest absolute Gasteiger partial charge is 0.280 e. The summed E-state index contributed by atoms with van der Waals surface area (Å²) in [6.07, 6.45) is 2.97. The van der Waals surface area contributed by atoms with Crippen LogP contribution in [-0.2, 0) is 30.8 Å². The fourth-order valence-corrected chi connectivity index (χ4v) is 4.85. The number of carbonyl (C=O) groups excluding carboxylic acids is 1. The maximum Gasteiger partial charge on any atom is 0.280 e. The number of anilines is 1. The first-order valence-electron chi connectivity index (χ1n) is 9.22. The standard InChI is InChI=1S/C19H19FN4O5S3/c1-28-8-2-10-32(26,27)14-5-3-13(4-6-14)17(24-29-12-16-21-7-9-30-16)18(25)23-19-22-11-15(20)31-19/h3-7,9,11H,2,8,10,12H2,1H3,(H,22,23,25)/b24-17+. The molecule has 0 saturated heterocycles. The van der Waals surface area contributed by atoms with Crippen LogP contribution in [0, 0.1) is 5.13 Å². The van der Waals surface area contributed by atoms with E-state index in [2.05, 4.69) is 20.4 Å². The molecule has 0 spiro atoms. The monoisotopic (exact) mass is 498 g/mol. The number of ether oxygens (including phenoxy) is 1. The van der Waals surface area contributed by atoms with Crippen LogP contribution in [0.5, 0.6) is 0 Å². The highest BCUT2D eigenvalue weighted by molar-refractivity contribution is 7.91. The topological polar surface area (TPSA) is 120 Å². The van der Waals surface area contributed by atoms with Crippen LogP contribution in [-0.4, -0.2) is 49.5 Å². The summed E-state index contributed by atoms with van der Waals surface area (Å²) >= 11 is 2.03. The minimum atomic E-state index is -3.50. The molecule has 0 atom stereocenters. The van der Waals surface area contributed by atoms with Crippen LogP contribution in [0.25, 0.3) is 0 Å². The predicted molar refractivity (Wildman–Crippen MR) is 119 cm³/mol. The third-order valence-electron chi connectivity index (χ3n) is 3.99. The van der Waals surface area contributed by atoms with Gasteiger partial charge in [-0.1, -0.05) is 28.6 Å². The summed E-state index contributed by atoms with van der Waals surface area (Å²) in [6.45, 7) is 0.383. The van der Waals surface area contributed by atoms with Crippen molar-refractivity contribution in [3.8, 4) is 0 Å². The second-order valence-electron chi connectivity index (χ2n) is 6.25. The van der Waals surface area contributed by atoms with Crippen LogP contribution < -0.4 is 5.32 Å². The molecule has 0 aliphatic rings. The number of halogens is 1. The average molecular weight is 499 g/mol. The lowest BCUT2D eigenvalue weighted by molar-refractivity contribution is -0.110. The van der Waals surface area contributed by atoms with Crippen molar-refractivity contribution in [1.82, 2.24) is 9.97 Å². The summed E-state index contributed by atoms with van der Waals surface area (Å²) in [4.78, 5) is 26.0. The van der Waals surface area contributed by atoms with E-state index in [4.69, 9.17) is 9.57 Å². The van der Waals surface area contributed by atoms with E-state index in [-0.39, 0.29) is 28.1 Å². The first kappa shape index (κ1) is 23.9. The Labute approximate surface area is 191 Å². The summed E-state index contributed by atoms with van der Waals surface area (Å²) in [5, 5.41) is 8.31. The van der Waals surface area contributed by atoms with Crippen LogP contribution in [0.4, 0.5) is 9.52 Å². The van der Waals surface area contributed by atoms with Crippen LogP contribution in [0.1, 0.15) is 17.0 Å². The van der Waals surface area contributed by atoms with E-state index in [9.17, 15) is 17.6 Å². The highest BCUT2D eigenvalue weighted by Gasteiger charge is 2.20. The molecule has 1 aromatic carbocycles. The molecule has 2 aromatic heterocycles. The SMILES string of the molecule is COCCCS(=O)(=O)c1ccc(/C(=N\OCc2nccs2)C(=O)Nc2ncc(F)s2)cc1. The molecule has 0 aliphatic carbocycles. The molecule has 13 heteroatoms. The van der Waals surface area contributed by atoms with Gasteiger partial charge in [-0.25, -0.2) is 18.4 Å². The normalized spacial score (nSPS) is 12.0. The molecule has 0 saturated carbocycles. The molecule has 1 amide bonds. The lowest BCUT2D eigenvalue weighted by Crippen LogP contribution is -2.24. The number of carbonyl (C=O) groups is 1. The summed E-state index contributed by atoms with van der Waals surface area (Å²) in [6, 6.07) is 5.70. The molecule has 32 heavy (non-hydrogen) atoms. The van der Waals surface area contributed by atoms with E-state index in [1.807, 2.05) is 0 Å². The maximum absolute atomic E-state index is 13.2. The molecule has 0 radical (unpaired) electrons. The molecule has 3 aromatic rings. The second-order valence-corrected chi connectivity index (χ2v) is 10.3. The largest absolute Gasteiger partial charge is 0.388 e. The number of benzene rings is 1. The average Bonchev–Trinajstić information content (AvgIpc) is 3.43. The van der Waals surface area contributed by atoms with E-state index >= 15 is 0 Å². The molecular weight excluding hydrogens is 479 g/mol. The van der Waals surface area contributed by atoms with Crippen molar-refractivity contribution in [2.24, 2.45) is 5.16 Å². The number of nitrogens with one attached hydrogen (secondary N) is 1. The van der Waals surface area contributed by atoms with Gasteiger partial charge in [-0.2, -0.15) is 4.39 Å². The predicted octanol–water partition coefficient (Wildman–Crippen LogP) is 3.11. The van der Waals surface area contributed by atoms with E-state index in [1.54, 1.807) is 11.6 Å². The van der Waals surface area contributed by atoms with Crippen LogP contribution in [0.2, 0.25) is 0 Å². The zero-order valence-corrected chi connectivity index (χ0v) is 19.3. The van der Waals surface area contributed by atoms with Gasteiger partial charge in [0.25, 0.3) is 5.91 Å². The van der Waals surface area contributed by atoms with Crippen molar-refractivity contribution < 1.29 is 27.2 Å². The van der Waals surface area contributed by atoms with Crippen LogP contribution >= 0.6 is 22.7 Å². The fourth-order valence-electron chi connectivity index (χ4n) is 2.50. The minimum Gasteiger partial charge on any atom is -0.388 e. The zero-order valence-electron chi connectivity index (χ0n) is 16.9. The molecule has 0 aliphatic heterocycles. The van der Waals surface area contributed by atoms with Gasteiger partial charge in [-0.3, -0.25) is 10.1 Å². The van der Waals surface area contributed by atoms with Crippen molar-refractivity contribution in [2.75, 3.05) is 24.8 Å². The van der Waals surface area contributed by atoms with Crippen molar-refractivity contribution in [3.05, 3.63) is 57.7 Å². The van der Waals surface area contributed by atoms with E-state index in [1.165, 1.54) is 42.7 Å². The number of rotatable bonds is 11. The Balaban J connectivity index is 1.80. The van der Waals surface area contributed by atoms with Gasteiger partial charge >= 0.3 is 0 Å². The van der Waals surface area contributed by atoms with Crippen LogP contribution in [0.15, 0.2) is 52.1 Å². The van der Waals surface area contributed by atoms with Crippen molar-refractivity contribution >= 4 is 49.3 Å². The number of hydrogen-bond acceptors (Lipinski definition) is 10. The molecule has 2 heterocycles. The van der Waals surface area contributed by atoms with Gasteiger partial charge < -0.3 is 9.57 Å². The third kappa shape index (κ3) is 6.63. The number of oxime groups is 1. The van der Waals surface area contributed by atoms with Gasteiger partial charge in [0.1, 0.15) is 5.01 Å². The third-order valence-corrected chi connectivity index (χ3v) is 7.26. The zero-order chi connectivity index (χ0) is 23.0. The summed E-state index contributed by atoms with van der Waals surface area (Å²) < 4.78 is 43.0. The molecule has 0 unspecified atom stereocenters. The molecular formula is C19H19FN4O5S3. The molecule has 0 bridgehead atoms. The van der Waals surface area contributed by atoms with Crippen molar-refractivity contribution in [1.29, 1.82) is 0 Å². The number of aromatic nitrogens is 2. The quantitative estimate of drug-likeness (QED) is 0.245. The number of nitrogens with zero attached hydrogens (tertiary/aromatic N) is 3. The number of methoxy groups -OCH3 is 1. The summed E-state index contributed by atoms with van der Waals surface area (Å²) in [7, 11) is -1.99. The summed E-state index contributed by atoms with van der Waals surface area (Å²) in [5.74, 6) is -0.747. The highest BCUT2D eigenvalue weighted by atomic mass is 32.2. The van der Waals surface area contributed by atoms with E-state index in [0.29, 0.717) is 34.9 Å². The van der Waals surface area contributed by atoms with Gasteiger partial charge in [0.15, 0.2) is 32.4 Å². The Hall–Kier alpha value is -2.74. The Morgan fingerprint density at radius 3 is 2.66 bits per heavy atom. The first-order chi connectivity index (χ1) is 15.4. The van der Waals surface area contributed by atoms with E-state index < -0.39 is 20.9 Å². The van der Waals surface area contributed by atoms with E-state index in [0.717, 1.165) is 6.20 Å². The van der Waals surface area contributed by atoms with Gasteiger partial charge in [-0.05, 0) is 18.6 Å². The van der Waals surface area contributed by atoms with Gasteiger partial charge in [0, 0.05) is 30.9 Å². The molecule has 170 valence electrons. The Kier molecular flexibility index (Phi) is 8.39. The fraction of sp³-hybridized carbons (Fsp3) is 0.263. The highest BCUT2D eigenvalue weighted by Crippen LogP contribution is 2.18. The van der Waals surface area contributed by atoms with Crippen molar-refractivity contribution in [2.45, 2.75) is 17.9 Å². The lowest BCUT2D eigenvalue weighted by atomic mass is 10.1. The lowest BCUT2D eigenvalue weighted by Gasteiger charge is -2.08. The maximum atomic E-state index is 13.2. The first-order valence-corrected chi connectivity index (χ1v) is 12.6. The number of amides is 1. The summed E-state index contributed by atoms with van der Waals surface area (Å²) in [5.41, 5.74) is 0.190.